The quantitative estimate of drug-likeness (QED) is 0.743. The van der Waals surface area contributed by atoms with Gasteiger partial charge in [-0.1, -0.05) is 18.3 Å². The monoisotopic (exact) mass is 215 g/mol. The Labute approximate surface area is 84.0 Å². The van der Waals surface area contributed by atoms with Crippen molar-refractivity contribution < 1.29 is 19.8 Å². The van der Waals surface area contributed by atoms with E-state index in [1.54, 1.807) is 0 Å². The van der Waals surface area contributed by atoms with Gasteiger partial charge in [0.15, 0.2) is 11.5 Å². The number of thiazole rings is 1. The van der Waals surface area contributed by atoms with Crippen molar-refractivity contribution in [2.24, 2.45) is 0 Å². The number of rotatable bonds is 4. The third-order valence-electron chi connectivity index (χ3n) is 1.55. The van der Waals surface area contributed by atoms with Crippen molar-refractivity contribution in [3.05, 3.63) is 10.6 Å². The molecule has 0 atom stereocenters. The zero-order chi connectivity index (χ0) is 10.7. The van der Waals surface area contributed by atoms with Crippen LogP contribution in [0, 0.1) is 0 Å². The van der Waals surface area contributed by atoms with Crippen LogP contribution < -0.4 is 0 Å². The molecule has 1 aromatic rings. The Bertz CT molecular complexity index is 371. The van der Waals surface area contributed by atoms with Gasteiger partial charge in [-0.3, -0.25) is 4.79 Å². The number of hydrogen-bond acceptors (Lipinski definition) is 5. The van der Waals surface area contributed by atoms with Crippen LogP contribution in [-0.4, -0.2) is 26.9 Å². The first-order valence-corrected chi connectivity index (χ1v) is 4.84. The van der Waals surface area contributed by atoms with E-state index in [1.807, 2.05) is 6.92 Å². The first-order chi connectivity index (χ1) is 6.56. The number of Topliss-reactive ketones (excluding diaryl/α,β-unsaturated/α-hetero) is 1. The zero-order valence-electron chi connectivity index (χ0n) is 7.48. The molecule has 0 aromatic carbocycles. The molecule has 1 rings (SSSR count). The lowest BCUT2D eigenvalue weighted by atomic mass is 10.2. The highest BCUT2D eigenvalue weighted by Crippen LogP contribution is 2.25. The average Bonchev–Trinajstić information content (AvgIpc) is 2.48. The molecule has 14 heavy (non-hydrogen) atoms. The second kappa shape index (κ2) is 4.19. The second-order valence-corrected chi connectivity index (χ2v) is 3.63. The van der Waals surface area contributed by atoms with Gasteiger partial charge in [-0.2, -0.15) is 4.98 Å². The van der Waals surface area contributed by atoms with E-state index in [4.69, 9.17) is 10.2 Å². The molecule has 0 unspecified atom stereocenters. The molecule has 2 N–H and O–H groups in total. The van der Waals surface area contributed by atoms with Crippen LogP contribution in [0.25, 0.3) is 0 Å². The van der Waals surface area contributed by atoms with Crippen LogP contribution in [0.1, 0.15) is 39.9 Å². The summed E-state index contributed by atoms with van der Waals surface area (Å²) in [5.74, 6) is -1.58. The van der Waals surface area contributed by atoms with Gasteiger partial charge in [0.05, 0.1) is 0 Å². The molecular weight excluding hydrogens is 206 g/mol. The summed E-state index contributed by atoms with van der Waals surface area (Å²) in [7, 11) is 0. The lowest BCUT2D eigenvalue weighted by molar-refractivity contribution is 0.0685. The van der Waals surface area contributed by atoms with Crippen LogP contribution in [0.3, 0.4) is 0 Å². The number of carbonyl (C=O) groups is 2. The van der Waals surface area contributed by atoms with E-state index < -0.39 is 5.97 Å². The Morgan fingerprint density at radius 2 is 2.14 bits per heavy atom. The van der Waals surface area contributed by atoms with Crippen molar-refractivity contribution in [1.82, 2.24) is 4.98 Å². The predicted octanol–water partition coefficient (Wildman–Crippen LogP) is 1.53. The van der Waals surface area contributed by atoms with Gasteiger partial charge >= 0.3 is 5.97 Å². The largest absolute Gasteiger partial charge is 0.486 e. The minimum atomic E-state index is -1.29. The third-order valence-corrected chi connectivity index (χ3v) is 2.45. The number of aromatic nitrogens is 1. The molecule has 1 heterocycles. The number of ketones is 1. The molecule has 0 fully saturated rings. The van der Waals surface area contributed by atoms with Crippen molar-refractivity contribution in [3.8, 4) is 5.19 Å². The highest BCUT2D eigenvalue weighted by atomic mass is 32.1. The number of carboxylic acid groups (broad SMARTS) is 1. The molecular formula is C8H9NO4S. The van der Waals surface area contributed by atoms with E-state index in [9.17, 15) is 9.59 Å². The summed E-state index contributed by atoms with van der Waals surface area (Å²) in [6.07, 6.45) is 0.901. The van der Waals surface area contributed by atoms with Crippen LogP contribution in [-0.2, 0) is 0 Å². The van der Waals surface area contributed by atoms with Crippen molar-refractivity contribution in [2.45, 2.75) is 19.8 Å². The summed E-state index contributed by atoms with van der Waals surface area (Å²) in [6.45, 7) is 1.82. The number of hydrogen-bond donors (Lipinski definition) is 2. The number of aromatic hydroxyl groups is 1. The Kier molecular flexibility index (Phi) is 3.19. The first kappa shape index (κ1) is 10.6. The Balaban J connectivity index is 3.06. The average molecular weight is 215 g/mol. The van der Waals surface area contributed by atoms with Gasteiger partial charge in [-0.05, 0) is 6.42 Å². The zero-order valence-corrected chi connectivity index (χ0v) is 8.30. The van der Waals surface area contributed by atoms with Crippen LogP contribution in [0.15, 0.2) is 0 Å². The topological polar surface area (TPSA) is 87.5 Å². The maximum Gasteiger partial charge on any atom is 0.356 e. The van der Waals surface area contributed by atoms with E-state index in [-0.39, 0.29) is 28.0 Å². The number of carboxylic acids is 1. The molecule has 0 bridgehead atoms. The maximum absolute atomic E-state index is 11.4. The van der Waals surface area contributed by atoms with Crippen molar-refractivity contribution in [1.29, 1.82) is 0 Å². The molecule has 0 amide bonds. The summed E-state index contributed by atoms with van der Waals surface area (Å²) < 4.78 is 0. The molecule has 0 saturated heterocycles. The van der Waals surface area contributed by atoms with Gasteiger partial charge in [-0.15, -0.1) is 0 Å². The lowest BCUT2D eigenvalue weighted by Crippen LogP contribution is -2.05. The van der Waals surface area contributed by atoms with Crippen molar-refractivity contribution >= 4 is 23.1 Å². The highest BCUT2D eigenvalue weighted by Gasteiger charge is 2.21. The van der Waals surface area contributed by atoms with Crippen LogP contribution in [0.4, 0.5) is 0 Å². The van der Waals surface area contributed by atoms with E-state index in [1.165, 1.54) is 0 Å². The number of carbonyl (C=O) groups excluding carboxylic acids is 1. The van der Waals surface area contributed by atoms with E-state index in [2.05, 4.69) is 4.98 Å². The summed E-state index contributed by atoms with van der Waals surface area (Å²) in [5, 5.41) is 17.3. The molecule has 76 valence electrons. The van der Waals surface area contributed by atoms with Gasteiger partial charge in [0.2, 0.25) is 0 Å². The minimum Gasteiger partial charge on any atom is -0.486 e. The van der Waals surface area contributed by atoms with Crippen molar-refractivity contribution in [3.63, 3.8) is 0 Å². The van der Waals surface area contributed by atoms with Gasteiger partial charge in [0, 0.05) is 6.42 Å². The lowest BCUT2D eigenvalue weighted by Gasteiger charge is -1.94. The van der Waals surface area contributed by atoms with Gasteiger partial charge in [0.1, 0.15) is 4.88 Å². The number of nitrogens with zero attached hydrogens (tertiary/aromatic N) is 1. The first-order valence-electron chi connectivity index (χ1n) is 4.02. The Hall–Kier alpha value is -1.43. The van der Waals surface area contributed by atoms with Crippen LogP contribution in [0.2, 0.25) is 0 Å². The molecule has 5 nitrogen and oxygen atoms in total. The summed E-state index contributed by atoms with van der Waals surface area (Å²) >= 11 is 0.705. The van der Waals surface area contributed by atoms with E-state index >= 15 is 0 Å². The summed E-state index contributed by atoms with van der Waals surface area (Å²) in [4.78, 5) is 25.4. The van der Waals surface area contributed by atoms with Crippen molar-refractivity contribution in [2.75, 3.05) is 0 Å². The molecule has 0 saturated carbocycles. The predicted molar refractivity (Wildman–Crippen MR) is 50.0 cm³/mol. The van der Waals surface area contributed by atoms with Crippen LogP contribution in [0.5, 0.6) is 5.19 Å². The normalized spacial score (nSPS) is 10.1. The molecule has 0 spiro atoms. The van der Waals surface area contributed by atoms with Gasteiger partial charge < -0.3 is 10.2 Å². The molecule has 1 aromatic heterocycles. The molecule has 6 heteroatoms. The molecule has 0 aliphatic heterocycles. The van der Waals surface area contributed by atoms with Gasteiger partial charge in [0.25, 0.3) is 5.19 Å². The highest BCUT2D eigenvalue weighted by molar-refractivity contribution is 7.15. The fourth-order valence-corrected chi connectivity index (χ4v) is 1.75. The molecule has 0 radical (unpaired) electrons. The van der Waals surface area contributed by atoms with Crippen LogP contribution >= 0.6 is 11.3 Å². The third kappa shape index (κ3) is 2.08. The fourth-order valence-electron chi connectivity index (χ4n) is 0.983. The molecule has 0 aliphatic carbocycles. The Morgan fingerprint density at radius 1 is 1.50 bits per heavy atom. The van der Waals surface area contributed by atoms with E-state index in [0.29, 0.717) is 17.8 Å². The number of aromatic carboxylic acids is 1. The molecule has 0 aliphatic rings. The fraction of sp³-hybridized carbons (Fsp3) is 0.375. The minimum absolute atomic E-state index is 0.0249. The van der Waals surface area contributed by atoms with Gasteiger partial charge in [-0.25, -0.2) is 4.79 Å². The summed E-state index contributed by atoms with van der Waals surface area (Å²) in [6, 6.07) is 0. The smallest absolute Gasteiger partial charge is 0.356 e. The summed E-state index contributed by atoms with van der Waals surface area (Å²) in [5.41, 5.74) is -0.356. The van der Waals surface area contributed by atoms with E-state index in [0.717, 1.165) is 0 Å². The Morgan fingerprint density at radius 3 is 2.64 bits per heavy atom. The maximum atomic E-state index is 11.4. The second-order valence-electron chi connectivity index (χ2n) is 2.65. The standard InChI is InChI=1S/C8H9NO4S/c1-2-3-4(10)6-5(7(11)12)9-8(13)14-6/h2-3H2,1H3,(H,9,13)(H,11,12). The SMILES string of the molecule is CCCC(=O)c1sc(O)nc1C(=O)O.